The highest BCUT2D eigenvalue weighted by Crippen LogP contribution is 2.19. The number of nitrogens with one attached hydrogen (secondary N) is 2. The van der Waals surface area contributed by atoms with E-state index in [0.717, 1.165) is 6.54 Å². The van der Waals surface area contributed by atoms with Crippen molar-refractivity contribution in [2.45, 2.75) is 46.7 Å². The van der Waals surface area contributed by atoms with Crippen LogP contribution >= 0.6 is 12.4 Å². The van der Waals surface area contributed by atoms with Crippen LogP contribution in [0.5, 0.6) is 0 Å². The maximum Gasteiger partial charge on any atom is 0.333 e. The predicted molar refractivity (Wildman–Crippen MR) is 80.1 cm³/mol. The summed E-state index contributed by atoms with van der Waals surface area (Å²) in [6.45, 7) is 5.80. The third-order valence-electron chi connectivity index (χ3n) is 3.16. The van der Waals surface area contributed by atoms with Gasteiger partial charge in [0, 0.05) is 23.8 Å². The van der Waals surface area contributed by atoms with Crippen molar-refractivity contribution in [3.8, 4) is 0 Å². The lowest BCUT2D eigenvalue weighted by molar-refractivity contribution is -0.120. The molecular formula is C13H23ClF2N4O. The smallest absolute Gasteiger partial charge is 0.333 e. The molecule has 0 spiro atoms. The van der Waals surface area contributed by atoms with Crippen LogP contribution in [0.3, 0.4) is 0 Å². The lowest BCUT2D eigenvalue weighted by Gasteiger charge is -2.13. The van der Waals surface area contributed by atoms with E-state index in [4.69, 9.17) is 0 Å². The predicted octanol–water partition coefficient (Wildman–Crippen LogP) is 1.97. The summed E-state index contributed by atoms with van der Waals surface area (Å²) >= 11 is 0. The first-order valence-electron chi connectivity index (χ1n) is 6.69. The van der Waals surface area contributed by atoms with Crippen molar-refractivity contribution in [2.75, 3.05) is 13.1 Å². The summed E-state index contributed by atoms with van der Waals surface area (Å²) < 4.78 is 26.0. The number of carbonyl (C=O) groups excluding carboxylic acids is 1. The van der Waals surface area contributed by atoms with E-state index in [1.54, 1.807) is 13.8 Å². The molecule has 0 aliphatic rings. The summed E-state index contributed by atoms with van der Waals surface area (Å²) in [7, 11) is 0. The number of alkyl halides is 2. The zero-order valence-electron chi connectivity index (χ0n) is 12.7. The lowest BCUT2D eigenvalue weighted by atomic mass is 10.1. The van der Waals surface area contributed by atoms with Gasteiger partial charge in [-0.2, -0.15) is 13.9 Å². The minimum atomic E-state index is -2.68. The van der Waals surface area contributed by atoms with Gasteiger partial charge in [-0.3, -0.25) is 4.79 Å². The molecule has 0 aromatic carbocycles. The van der Waals surface area contributed by atoms with E-state index >= 15 is 0 Å². The van der Waals surface area contributed by atoms with Gasteiger partial charge in [-0.15, -0.1) is 12.4 Å². The molecule has 0 fully saturated rings. The molecule has 122 valence electrons. The average Bonchev–Trinajstić information content (AvgIpc) is 2.65. The van der Waals surface area contributed by atoms with Crippen molar-refractivity contribution in [1.29, 1.82) is 0 Å². The summed E-state index contributed by atoms with van der Waals surface area (Å²) in [4.78, 5) is 11.8. The number of hydrogen-bond acceptors (Lipinski definition) is 3. The Balaban J connectivity index is 0.00000400. The molecule has 0 radical (unpaired) electrons. The first-order valence-corrected chi connectivity index (χ1v) is 6.69. The Morgan fingerprint density at radius 1 is 1.38 bits per heavy atom. The number of rotatable bonds is 7. The van der Waals surface area contributed by atoms with Crippen LogP contribution in [0.4, 0.5) is 8.78 Å². The Kier molecular flexibility index (Phi) is 8.43. The topological polar surface area (TPSA) is 58.9 Å². The number of halogens is 3. The van der Waals surface area contributed by atoms with Gasteiger partial charge in [0.15, 0.2) is 0 Å². The Hall–Kier alpha value is -1.21. The van der Waals surface area contributed by atoms with Crippen molar-refractivity contribution in [1.82, 2.24) is 20.4 Å². The minimum absolute atomic E-state index is 0. The van der Waals surface area contributed by atoms with Gasteiger partial charge in [0.25, 0.3) is 0 Å². The van der Waals surface area contributed by atoms with Gasteiger partial charge in [-0.25, -0.2) is 4.68 Å². The SMILES string of the molecule is CCN[C@H](C)CNC(=O)Cc1c(C)nn(C(F)F)c1C.Cl. The zero-order valence-corrected chi connectivity index (χ0v) is 13.6. The number of amides is 1. The quantitative estimate of drug-likeness (QED) is 0.806. The monoisotopic (exact) mass is 324 g/mol. The lowest BCUT2D eigenvalue weighted by Crippen LogP contribution is -2.39. The van der Waals surface area contributed by atoms with Crippen LogP contribution in [0, 0.1) is 13.8 Å². The van der Waals surface area contributed by atoms with Crippen LogP contribution in [-0.4, -0.2) is 34.8 Å². The van der Waals surface area contributed by atoms with Gasteiger partial charge >= 0.3 is 6.55 Å². The van der Waals surface area contributed by atoms with E-state index in [1.807, 2.05) is 13.8 Å². The molecule has 0 unspecified atom stereocenters. The molecule has 8 heteroatoms. The number of nitrogens with zero attached hydrogens (tertiary/aromatic N) is 2. The summed E-state index contributed by atoms with van der Waals surface area (Å²) in [5.74, 6) is -0.185. The molecular weight excluding hydrogens is 302 g/mol. The molecule has 21 heavy (non-hydrogen) atoms. The van der Waals surface area contributed by atoms with Gasteiger partial charge in [0.05, 0.1) is 12.1 Å². The van der Waals surface area contributed by atoms with E-state index in [2.05, 4.69) is 15.7 Å². The normalized spacial score (nSPS) is 12.1. The number of aryl methyl sites for hydroxylation is 1. The van der Waals surface area contributed by atoms with Crippen LogP contribution in [0.15, 0.2) is 0 Å². The van der Waals surface area contributed by atoms with Gasteiger partial charge in [0.1, 0.15) is 0 Å². The maximum atomic E-state index is 12.7. The molecule has 0 bridgehead atoms. The summed E-state index contributed by atoms with van der Waals surface area (Å²) in [5.41, 5.74) is 1.38. The fourth-order valence-corrected chi connectivity index (χ4v) is 2.05. The van der Waals surface area contributed by atoms with Crippen molar-refractivity contribution in [3.05, 3.63) is 17.0 Å². The van der Waals surface area contributed by atoms with Crippen LogP contribution in [0.2, 0.25) is 0 Å². The fraction of sp³-hybridized carbons (Fsp3) is 0.692. The summed E-state index contributed by atoms with van der Waals surface area (Å²) in [6, 6.07) is 0.176. The third-order valence-corrected chi connectivity index (χ3v) is 3.16. The second-order valence-electron chi connectivity index (χ2n) is 4.81. The van der Waals surface area contributed by atoms with E-state index in [0.29, 0.717) is 28.2 Å². The molecule has 5 nitrogen and oxygen atoms in total. The molecule has 0 aliphatic carbocycles. The largest absolute Gasteiger partial charge is 0.354 e. The Bertz CT molecular complexity index is 465. The van der Waals surface area contributed by atoms with E-state index < -0.39 is 6.55 Å². The summed E-state index contributed by atoms with van der Waals surface area (Å²) in [6.07, 6.45) is 0.0727. The summed E-state index contributed by atoms with van der Waals surface area (Å²) in [5, 5.41) is 9.72. The molecule has 1 rings (SSSR count). The first-order chi connectivity index (χ1) is 9.36. The average molecular weight is 325 g/mol. The highest BCUT2D eigenvalue weighted by molar-refractivity contribution is 5.85. The van der Waals surface area contributed by atoms with Crippen LogP contribution < -0.4 is 10.6 Å². The number of aromatic nitrogens is 2. The molecule has 1 aromatic rings. The standard InChI is InChI=1S/C13H22F2N4O.ClH/c1-5-16-8(2)7-17-12(20)6-11-9(3)18-19(10(11)4)13(14)15;/h8,13,16H,5-7H2,1-4H3,(H,17,20);1H/t8-;/m1./s1. The third kappa shape index (κ3) is 5.59. The molecule has 1 heterocycles. The van der Waals surface area contributed by atoms with Crippen LogP contribution in [-0.2, 0) is 11.2 Å². The second-order valence-corrected chi connectivity index (χ2v) is 4.81. The highest BCUT2D eigenvalue weighted by Gasteiger charge is 2.19. The number of hydrogen-bond donors (Lipinski definition) is 2. The van der Waals surface area contributed by atoms with Crippen LogP contribution in [0.25, 0.3) is 0 Å². The van der Waals surface area contributed by atoms with Crippen molar-refractivity contribution in [3.63, 3.8) is 0 Å². The number of likely N-dealkylation sites (N-methyl/N-ethyl adjacent to an activating group) is 1. The molecule has 1 amide bonds. The number of carbonyl (C=O) groups is 1. The fourth-order valence-electron chi connectivity index (χ4n) is 2.05. The molecule has 0 saturated heterocycles. The molecule has 1 aromatic heterocycles. The second kappa shape index (κ2) is 8.94. The van der Waals surface area contributed by atoms with E-state index in [-0.39, 0.29) is 30.8 Å². The van der Waals surface area contributed by atoms with E-state index in [9.17, 15) is 13.6 Å². The van der Waals surface area contributed by atoms with Crippen molar-refractivity contribution < 1.29 is 13.6 Å². The highest BCUT2D eigenvalue weighted by atomic mass is 35.5. The molecule has 1 atom stereocenters. The minimum Gasteiger partial charge on any atom is -0.354 e. The van der Waals surface area contributed by atoms with E-state index in [1.165, 1.54) is 0 Å². The Morgan fingerprint density at radius 2 is 2.00 bits per heavy atom. The van der Waals surface area contributed by atoms with Gasteiger partial charge in [-0.1, -0.05) is 6.92 Å². The van der Waals surface area contributed by atoms with Crippen LogP contribution in [0.1, 0.15) is 37.3 Å². The first kappa shape index (κ1) is 19.8. The van der Waals surface area contributed by atoms with Crippen molar-refractivity contribution in [2.24, 2.45) is 0 Å². The molecule has 0 saturated carbocycles. The Morgan fingerprint density at radius 3 is 2.48 bits per heavy atom. The van der Waals surface area contributed by atoms with Crippen molar-refractivity contribution >= 4 is 18.3 Å². The van der Waals surface area contributed by atoms with Gasteiger partial charge in [-0.05, 0) is 27.3 Å². The Labute approximate surface area is 129 Å². The van der Waals surface area contributed by atoms with Gasteiger partial charge in [0.2, 0.25) is 5.91 Å². The van der Waals surface area contributed by atoms with Gasteiger partial charge < -0.3 is 10.6 Å². The molecule has 2 N–H and O–H groups in total. The molecule has 0 aliphatic heterocycles. The maximum absolute atomic E-state index is 12.7. The zero-order chi connectivity index (χ0) is 15.3.